The molecule has 0 spiro atoms. The molecule has 0 saturated carbocycles. The molecule has 0 radical (unpaired) electrons. The molecule has 0 aliphatic rings. The molecule has 0 aromatic carbocycles. The van der Waals surface area contributed by atoms with Crippen molar-refractivity contribution in [3.63, 3.8) is 0 Å². The summed E-state index contributed by atoms with van der Waals surface area (Å²) < 4.78 is 0. The second kappa shape index (κ2) is 7.97. The van der Waals surface area contributed by atoms with Gasteiger partial charge in [-0.3, -0.25) is 20.4 Å². The summed E-state index contributed by atoms with van der Waals surface area (Å²) in [5, 5.41) is 4.30. The minimum atomic E-state index is 0.748. The van der Waals surface area contributed by atoms with Crippen LogP contribution in [0.5, 0.6) is 0 Å². The Kier molecular flexibility index (Phi) is 4.88. The van der Waals surface area contributed by atoms with Crippen molar-refractivity contribution < 1.29 is 0 Å². The van der Waals surface area contributed by atoms with E-state index < -0.39 is 0 Å². The Morgan fingerprint density at radius 3 is 2.00 bits per heavy atom. The second-order valence-electron chi connectivity index (χ2n) is 5.71. The minimum absolute atomic E-state index is 0.748. The standard InChI is InChI=1S/C21H16N6/c1-3-10-23-18(7-1)20-12-17(27-25-15-16-6-5-9-22-14-16)13-21(26-20)19-8-2-4-11-24-19/h1-15H,(H,26,27)/b25-15+. The molecular weight excluding hydrogens is 336 g/mol. The summed E-state index contributed by atoms with van der Waals surface area (Å²) in [6.07, 6.45) is 8.69. The number of nitrogens with one attached hydrogen (secondary N) is 1. The van der Waals surface area contributed by atoms with Gasteiger partial charge in [-0.25, -0.2) is 4.98 Å². The Morgan fingerprint density at radius 1 is 0.741 bits per heavy atom. The fourth-order valence-corrected chi connectivity index (χ4v) is 2.52. The van der Waals surface area contributed by atoms with Crippen LogP contribution in [0.2, 0.25) is 0 Å². The van der Waals surface area contributed by atoms with E-state index in [1.807, 2.05) is 60.7 Å². The van der Waals surface area contributed by atoms with Crippen molar-refractivity contribution in [3.8, 4) is 22.8 Å². The Bertz CT molecular complexity index is 976. The predicted octanol–water partition coefficient (Wildman–Crippen LogP) is 4.05. The van der Waals surface area contributed by atoms with Gasteiger partial charge in [0.15, 0.2) is 0 Å². The van der Waals surface area contributed by atoms with Crippen LogP contribution in [0.15, 0.2) is 90.6 Å². The molecule has 0 amide bonds. The molecule has 4 aromatic rings. The quantitative estimate of drug-likeness (QED) is 0.433. The summed E-state index contributed by atoms with van der Waals surface area (Å²) in [6.45, 7) is 0. The molecule has 0 fully saturated rings. The molecule has 0 bridgehead atoms. The molecule has 27 heavy (non-hydrogen) atoms. The number of hydrogen-bond acceptors (Lipinski definition) is 6. The maximum absolute atomic E-state index is 4.71. The fraction of sp³-hybridized carbons (Fsp3) is 0. The van der Waals surface area contributed by atoms with Crippen molar-refractivity contribution in [1.82, 2.24) is 19.9 Å². The van der Waals surface area contributed by atoms with E-state index in [2.05, 4.69) is 25.5 Å². The van der Waals surface area contributed by atoms with Gasteiger partial charge in [-0.1, -0.05) is 18.2 Å². The Morgan fingerprint density at radius 2 is 1.44 bits per heavy atom. The summed E-state index contributed by atoms with van der Waals surface area (Å²) in [5.74, 6) is 0. The van der Waals surface area contributed by atoms with Gasteiger partial charge in [0.05, 0.1) is 34.7 Å². The smallest absolute Gasteiger partial charge is 0.0915 e. The highest BCUT2D eigenvalue weighted by Gasteiger charge is 2.08. The normalized spacial score (nSPS) is 10.8. The number of anilines is 1. The summed E-state index contributed by atoms with van der Waals surface area (Å²) in [7, 11) is 0. The van der Waals surface area contributed by atoms with E-state index >= 15 is 0 Å². The predicted molar refractivity (Wildman–Crippen MR) is 106 cm³/mol. The third kappa shape index (κ3) is 4.19. The third-order valence-corrected chi connectivity index (χ3v) is 3.77. The second-order valence-corrected chi connectivity index (χ2v) is 5.71. The molecule has 4 rings (SSSR count). The molecule has 0 unspecified atom stereocenters. The Balaban J connectivity index is 1.69. The van der Waals surface area contributed by atoms with Gasteiger partial charge >= 0.3 is 0 Å². The minimum Gasteiger partial charge on any atom is -0.278 e. The van der Waals surface area contributed by atoms with Crippen molar-refractivity contribution in [1.29, 1.82) is 0 Å². The van der Waals surface area contributed by atoms with Crippen molar-refractivity contribution >= 4 is 11.9 Å². The van der Waals surface area contributed by atoms with Gasteiger partial charge in [0.1, 0.15) is 0 Å². The number of aromatic nitrogens is 4. The Labute approximate surface area is 156 Å². The highest BCUT2D eigenvalue weighted by molar-refractivity contribution is 5.80. The van der Waals surface area contributed by atoms with E-state index in [1.165, 1.54) is 0 Å². The number of rotatable bonds is 5. The summed E-state index contributed by atoms with van der Waals surface area (Å²) >= 11 is 0. The Hall–Kier alpha value is -3.93. The van der Waals surface area contributed by atoms with Gasteiger partial charge in [0.2, 0.25) is 0 Å². The van der Waals surface area contributed by atoms with Gasteiger partial charge in [0, 0.05) is 30.4 Å². The molecular formula is C21H16N6. The lowest BCUT2D eigenvalue weighted by Gasteiger charge is -2.08. The van der Waals surface area contributed by atoms with E-state index in [1.54, 1.807) is 31.0 Å². The first-order valence-corrected chi connectivity index (χ1v) is 8.42. The van der Waals surface area contributed by atoms with Crippen molar-refractivity contribution in [3.05, 3.63) is 91.0 Å². The first-order chi connectivity index (χ1) is 13.4. The van der Waals surface area contributed by atoms with Crippen LogP contribution >= 0.6 is 0 Å². The highest BCUT2D eigenvalue weighted by Crippen LogP contribution is 2.25. The van der Waals surface area contributed by atoms with Crippen LogP contribution in [-0.4, -0.2) is 26.2 Å². The average molecular weight is 352 g/mol. The van der Waals surface area contributed by atoms with Crippen molar-refractivity contribution in [2.24, 2.45) is 5.10 Å². The van der Waals surface area contributed by atoms with Gasteiger partial charge in [0.25, 0.3) is 0 Å². The molecule has 4 aromatic heterocycles. The topological polar surface area (TPSA) is 76.0 Å². The molecule has 6 nitrogen and oxygen atoms in total. The number of nitrogens with zero attached hydrogens (tertiary/aromatic N) is 5. The zero-order valence-electron chi connectivity index (χ0n) is 14.4. The van der Waals surface area contributed by atoms with Crippen LogP contribution < -0.4 is 5.43 Å². The van der Waals surface area contributed by atoms with Gasteiger partial charge in [-0.05, 0) is 42.5 Å². The van der Waals surface area contributed by atoms with Crippen LogP contribution in [-0.2, 0) is 0 Å². The maximum atomic E-state index is 4.71. The lowest BCUT2D eigenvalue weighted by atomic mass is 10.1. The molecule has 0 saturated heterocycles. The summed E-state index contributed by atoms with van der Waals surface area (Å²) in [5.41, 5.74) is 7.84. The van der Waals surface area contributed by atoms with Gasteiger partial charge in [-0.15, -0.1) is 0 Å². The molecule has 0 aliphatic heterocycles. The van der Waals surface area contributed by atoms with E-state index in [0.29, 0.717) is 0 Å². The fourth-order valence-electron chi connectivity index (χ4n) is 2.52. The van der Waals surface area contributed by atoms with E-state index in [4.69, 9.17) is 4.98 Å². The average Bonchev–Trinajstić information content (AvgIpc) is 2.76. The lowest BCUT2D eigenvalue weighted by Crippen LogP contribution is -1.97. The summed E-state index contributed by atoms with van der Waals surface area (Å²) in [4.78, 5) is 17.6. The van der Waals surface area contributed by atoms with Crippen LogP contribution in [0.1, 0.15) is 5.56 Å². The molecule has 4 heterocycles. The van der Waals surface area contributed by atoms with E-state index in [9.17, 15) is 0 Å². The van der Waals surface area contributed by atoms with Gasteiger partial charge in [-0.2, -0.15) is 5.10 Å². The van der Waals surface area contributed by atoms with Crippen LogP contribution in [0.25, 0.3) is 22.8 Å². The number of hydrazone groups is 1. The third-order valence-electron chi connectivity index (χ3n) is 3.77. The largest absolute Gasteiger partial charge is 0.278 e. The van der Waals surface area contributed by atoms with E-state index in [-0.39, 0.29) is 0 Å². The number of pyridine rings is 4. The lowest BCUT2D eigenvalue weighted by molar-refractivity contribution is 1.21. The van der Waals surface area contributed by atoms with Crippen LogP contribution in [0.3, 0.4) is 0 Å². The van der Waals surface area contributed by atoms with Crippen molar-refractivity contribution in [2.75, 3.05) is 5.43 Å². The zero-order chi connectivity index (χ0) is 18.3. The first-order valence-electron chi connectivity index (χ1n) is 8.42. The van der Waals surface area contributed by atoms with Crippen LogP contribution in [0.4, 0.5) is 5.69 Å². The zero-order valence-corrected chi connectivity index (χ0v) is 14.4. The molecule has 0 atom stereocenters. The van der Waals surface area contributed by atoms with Crippen LogP contribution in [0, 0.1) is 0 Å². The molecule has 130 valence electrons. The monoisotopic (exact) mass is 352 g/mol. The van der Waals surface area contributed by atoms with Crippen molar-refractivity contribution in [2.45, 2.75) is 0 Å². The first kappa shape index (κ1) is 16.5. The van der Waals surface area contributed by atoms with Gasteiger partial charge < -0.3 is 0 Å². The van der Waals surface area contributed by atoms with E-state index in [0.717, 1.165) is 34.0 Å². The maximum Gasteiger partial charge on any atom is 0.0915 e. The summed E-state index contributed by atoms with van der Waals surface area (Å²) in [6, 6.07) is 19.1. The number of hydrogen-bond donors (Lipinski definition) is 1. The molecule has 6 heteroatoms. The SMILES string of the molecule is C(=N\Nc1cc(-c2ccccn2)nc(-c2ccccn2)c1)/c1cccnc1. The molecule has 0 aliphatic carbocycles. The highest BCUT2D eigenvalue weighted by atomic mass is 15.3. The molecule has 1 N–H and O–H groups in total.